The van der Waals surface area contributed by atoms with E-state index in [1.807, 2.05) is 12.1 Å². The molecule has 2 N–H and O–H groups in total. The third kappa shape index (κ3) is 3.74. The molecule has 7 heteroatoms. The fraction of sp³-hybridized carbons (Fsp3) is 0.308. The van der Waals surface area contributed by atoms with Crippen molar-refractivity contribution in [1.29, 1.82) is 0 Å². The van der Waals surface area contributed by atoms with Crippen molar-refractivity contribution in [2.45, 2.75) is 11.7 Å². The van der Waals surface area contributed by atoms with E-state index in [0.717, 1.165) is 17.3 Å². The van der Waals surface area contributed by atoms with Crippen LogP contribution in [-0.4, -0.2) is 40.9 Å². The van der Waals surface area contributed by atoms with Gasteiger partial charge in [-0.05, 0) is 24.1 Å². The molecule has 1 saturated heterocycles. The summed E-state index contributed by atoms with van der Waals surface area (Å²) in [6, 6.07) is 7.10. The van der Waals surface area contributed by atoms with E-state index in [1.165, 1.54) is 7.11 Å². The molecule has 0 aromatic heterocycles. The second-order valence-electron chi connectivity index (χ2n) is 4.12. The summed E-state index contributed by atoms with van der Waals surface area (Å²) in [4.78, 5) is 31.6. The monoisotopic (exact) mass is 296 g/mol. The summed E-state index contributed by atoms with van der Waals surface area (Å²) >= 11 is 1.01. The molecule has 106 valence electrons. The van der Waals surface area contributed by atoms with Crippen LogP contribution in [0.1, 0.15) is 5.56 Å². The van der Waals surface area contributed by atoms with Crippen LogP contribution >= 0.6 is 11.8 Å². The first-order valence-corrected chi connectivity index (χ1v) is 6.78. The van der Waals surface area contributed by atoms with Gasteiger partial charge in [0.05, 0.1) is 5.25 Å². The van der Waals surface area contributed by atoms with Crippen LogP contribution in [0.25, 0.3) is 0 Å². The highest BCUT2D eigenvalue weighted by Crippen LogP contribution is 2.23. The third-order valence-electron chi connectivity index (χ3n) is 2.71. The smallest absolute Gasteiger partial charge is 0.476 e. The average molecular weight is 296 g/mol. The highest BCUT2D eigenvalue weighted by molar-refractivity contribution is 8.15. The molecule has 6 nitrogen and oxygen atoms in total. The molecule has 0 radical (unpaired) electrons. The normalized spacial score (nSPS) is 17.8. The lowest BCUT2D eigenvalue weighted by molar-refractivity contribution is -0.118. The summed E-state index contributed by atoms with van der Waals surface area (Å²) < 4.78 is 9.85. The molecule has 0 spiro atoms. The predicted molar refractivity (Wildman–Crippen MR) is 74.5 cm³/mol. The van der Waals surface area contributed by atoms with Gasteiger partial charge >= 0.3 is 5.97 Å². The first kappa shape index (κ1) is 14.4. The van der Waals surface area contributed by atoms with Gasteiger partial charge in [0.2, 0.25) is 12.5 Å². The number of nitrogens with one attached hydrogen (secondary N) is 1. The number of benzene rings is 1. The molecule has 1 aromatic rings. The molecule has 0 bridgehead atoms. The lowest BCUT2D eigenvalue weighted by Crippen LogP contribution is -2.25. The molecule has 1 aliphatic heterocycles. The van der Waals surface area contributed by atoms with Crippen molar-refractivity contribution in [3.63, 3.8) is 0 Å². The standard InChI is InChI=1S/C13H13NO5S/c1-18-11(15)7-19-9-4-2-8(3-5-9)6-10-12(16)14-13(17)20-10/h2-5,10H,6-7H2,1H3,(H,14,16,17)/p+1. The lowest BCUT2D eigenvalue weighted by Gasteiger charge is -2.06. The molecule has 2 amide bonds. The minimum atomic E-state index is -0.375. The summed E-state index contributed by atoms with van der Waals surface area (Å²) in [5.74, 6) is 0.128. The third-order valence-corrected chi connectivity index (χ3v) is 3.69. The van der Waals surface area contributed by atoms with Crippen molar-refractivity contribution < 1.29 is 23.9 Å². The van der Waals surface area contributed by atoms with Gasteiger partial charge in [0, 0.05) is 0 Å². The SMILES string of the molecule is COC(=[OH+])COc1ccc(CC2SC(=O)NC2=O)cc1. The zero-order chi connectivity index (χ0) is 14.5. The van der Waals surface area contributed by atoms with E-state index in [2.05, 4.69) is 10.1 Å². The second-order valence-corrected chi connectivity index (χ2v) is 5.29. The quantitative estimate of drug-likeness (QED) is 0.649. The minimum absolute atomic E-state index is 0.0365. The zero-order valence-electron chi connectivity index (χ0n) is 10.8. The molecule has 20 heavy (non-hydrogen) atoms. The molecule has 1 unspecified atom stereocenters. The Hall–Kier alpha value is -2.02. The largest absolute Gasteiger partial charge is 0.521 e. The van der Waals surface area contributed by atoms with Gasteiger partial charge in [-0.25, -0.2) is 0 Å². The van der Waals surface area contributed by atoms with Crippen LogP contribution in [0.4, 0.5) is 4.79 Å². The first-order chi connectivity index (χ1) is 9.58. The van der Waals surface area contributed by atoms with E-state index in [4.69, 9.17) is 9.53 Å². The van der Waals surface area contributed by atoms with Gasteiger partial charge in [-0.3, -0.25) is 14.9 Å². The Bertz CT molecular complexity index is 528. The predicted octanol–water partition coefficient (Wildman–Crippen LogP) is 1.11. The Morgan fingerprint density at radius 2 is 2.05 bits per heavy atom. The van der Waals surface area contributed by atoms with E-state index in [-0.39, 0.29) is 29.0 Å². The van der Waals surface area contributed by atoms with Crippen LogP contribution in [0.2, 0.25) is 0 Å². The van der Waals surface area contributed by atoms with Gasteiger partial charge in [-0.1, -0.05) is 23.9 Å². The summed E-state index contributed by atoms with van der Waals surface area (Å²) in [6.07, 6.45) is 0.484. The number of hydrogen-bond acceptors (Lipinski definition) is 5. The van der Waals surface area contributed by atoms with Gasteiger partial charge in [0.25, 0.3) is 5.24 Å². The fourth-order valence-electron chi connectivity index (χ4n) is 1.67. The first-order valence-electron chi connectivity index (χ1n) is 5.90. The molecule has 2 rings (SSSR count). The summed E-state index contributed by atoms with van der Waals surface area (Å²) in [5.41, 5.74) is 0.930. The maximum Gasteiger partial charge on any atom is 0.521 e. The molecule has 0 aliphatic carbocycles. The fourth-order valence-corrected chi connectivity index (χ4v) is 2.53. The van der Waals surface area contributed by atoms with Gasteiger partial charge < -0.3 is 14.3 Å². The van der Waals surface area contributed by atoms with Crippen LogP contribution in [-0.2, 0) is 16.0 Å². The van der Waals surface area contributed by atoms with Gasteiger partial charge in [0.15, 0.2) is 7.11 Å². The number of amides is 2. The number of methoxy groups -OCH3 is 1. The van der Waals surface area contributed by atoms with Gasteiger partial charge in [0.1, 0.15) is 5.75 Å². The number of ether oxygens (including phenoxy) is 2. The molecular weight excluding hydrogens is 282 g/mol. The molecule has 1 fully saturated rings. The van der Waals surface area contributed by atoms with Crippen molar-refractivity contribution in [3.8, 4) is 5.75 Å². The number of hydrogen-bond donors (Lipinski definition) is 1. The van der Waals surface area contributed by atoms with Crippen molar-refractivity contribution >= 4 is 28.9 Å². The Morgan fingerprint density at radius 1 is 1.35 bits per heavy atom. The van der Waals surface area contributed by atoms with Crippen LogP contribution < -0.4 is 10.1 Å². The minimum Gasteiger partial charge on any atom is -0.476 e. The Balaban J connectivity index is 1.90. The average Bonchev–Trinajstić information content (AvgIpc) is 2.75. The molecule has 1 aromatic carbocycles. The number of carbonyl (C=O) groups is 2. The number of thioether (sulfide) groups is 1. The Morgan fingerprint density at radius 3 is 2.60 bits per heavy atom. The van der Waals surface area contributed by atoms with Gasteiger partial charge in [-0.2, -0.15) is 0 Å². The van der Waals surface area contributed by atoms with Crippen molar-refractivity contribution in [3.05, 3.63) is 29.8 Å². The molecule has 1 aliphatic rings. The number of imide groups is 1. The van der Waals surface area contributed by atoms with E-state index in [1.54, 1.807) is 12.1 Å². The topological polar surface area (TPSA) is 86.0 Å². The van der Waals surface area contributed by atoms with Crippen LogP contribution in [0.15, 0.2) is 24.3 Å². The van der Waals surface area contributed by atoms with Crippen LogP contribution in [0, 0.1) is 0 Å². The van der Waals surface area contributed by atoms with Crippen LogP contribution in [0.3, 0.4) is 0 Å². The molecule has 1 atom stereocenters. The van der Waals surface area contributed by atoms with Crippen molar-refractivity contribution in [1.82, 2.24) is 5.32 Å². The van der Waals surface area contributed by atoms with E-state index < -0.39 is 0 Å². The zero-order valence-corrected chi connectivity index (χ0v) is 11.6. The number of esters is 1. The van der Waals surface area contributed by atoms with E-state index >= 15 is 0 Å². The number of rotatable bonds is 5. The highest BCUT2D eigenvalue weighted by Gasteiger charge is 2.31. The van der Waals surface area contributed by atoms with Crippen molar-refractivity contribution in [2.24, 2.45) is 0 Å². The maximum atomic E-state index is 11.4. The molecular formula is C13H14NO5S+. The Kier molecular flexibility index (Phi) is 4.62. The molecule has 0 saturated carbocycles. The van der Waals surface area contributed by atoms with Crippen molar-refractivity contribution in [2.75, 3.05) is 13.7 Å². The summed E-state index contributed by atoms with van der Waals surface area (Å²) in [7, 11) is 1.35. The van der Waals surface area contributed by atoms with E-state index in [0.29, 0.717) is 12.2 Å². The van der Waals surface area contributed by atoms with Crippen LogP contribution in [0.5, 0.6) is 5.75 Å². The second kappa shape index (κ2) is 6.42. The molecule has 1 heterocycles. The van der Waals surface area contributed by atoms with E-state index in [9.17, 15) is 9.59 Å². The summed E-state index contributed by atoms with van der Waals surface area (Å²) in [5, 5.41) is 1.58. The lowest BCUT2D eigenvalue weighted by atomic mass is 10.1. The highest BCUT2D eigenvalue weighted by atomic mass is 32.2. The Labute approximate surface area is 119 Å². The summed E-state index contributed by atoms with van der Waals surface area (Å²) in [6.45, 7) is -0.0365. The number of carbonyl (C=O) groups excluding carboxylic acids is 3. The van der Waals surface area contributed by atoms with Gasteiger partial charge in [-0.15, -0.1) is 0 Å². The maximum absolute atomic E-state index is 11.4.